The Morgan fingerprint density at radius 1 is 1.23 bits per heavy atom. The first-order valence-corrected chi connectivity index (χ1v) is 10.6. The number of hydrazine groups is 2. The molecule has 1 aliphatic heterocycles. The Balaban J connectivity index is 1.54. The average Bonchev–Trinajstić information content (AvgIpc) is 3.40. The molecule has 1 aromatic carbocycles. The van der Waals surface area contributed by atoms with Gasteiger partial charge >= 0.3 is 0 Å². The third kappa shape index (κ3) is 4.49. The van der Waals surface area contributed by atoms with E-state index < -0.39 is 0 Å². The maximum absolute atomic E-state index is 12.9. The van der Waals surface area contributed by atoms with Gasteiger partial charge in [0, 0.05) is 19.4 Å². The fourth-order valence-electron chi connectivity index (χ4n) is 4.35. The topological polar surface area (TPSA) is 75.2 Å². The smallest absolute Gasteiger partial charge is 0.258 e. The normalized spacial score (nSPS) is 19.6. The van der Waals surface area contributed by atoms with Gasteiger partial charge in [-0.25, -0.2) is 5.01 Å². The summed E-state index contributed by atoms with van der Waals surface area (Å²) in [6, 6.07) is 9.26. The molecule has 4 rings (SSSR count). The Morgan fingerprint density at radius 2 is 2.03 bits per heavy atom. The number of carbonyl (C=O) groups is 2. The van der Waals surface area contributed by atoms with Crippen LogP contribution in [-0.2, 0) is 16.1 Å². The lowest BCUT2D eigenvalue weighted by molar-refractivity contribution is -0.184. The summed E-state index contributed by atoms with van der Waals surface area (Å²) in [5, 5.41) is 4.58. The van der Waals surface area contributed by atoms with E-state index >= 15 is 0 Å². The molecule has 1 aromatic heterocycles. The van der Waals surface area contributed by atoms with E-state index in [1.165, 1.54) is 23.0 Å². The standard InChI is InChI=1S/C23H28N4O4/c1-25-20(13-23(29)27(25)26(16-28)15-17-6-5-11-24-14-17)18-9-10-21(30-2)22(12-18)31-19-7-3-4-8-19/h5-6,9-12,14,16,19-20H,3-4,7-8,13,15H2,1-2H3/t20-/m0/s1. The van der Waals surface area contributed by atoms with Crippen LogP contribution in [0.3, 0.4) is 0 Å². The number of aromatic nitrogens is 1. The van der Waals surface area contributed by atoms with Crippen LogP contribution in [0.25, 0.3) is 0 Å². The number of rotatable bonds is 8. The first kappa shape index (κ1) is 21.1. The van der Waals surface area contributed by atoms with Gasteiger partial charge in [0.15, 0.2) is 11.5 Å². The largest absolute Gasteiger partial charge is 0.493 e. The molecule has 2 aliphatic rings. The summed E-state index contributed by atoms with van der Waals surface area (Å²) in [5.74, 6) is 1.25. The zero-order chi connectivity index (χ0) is 21.8. The van der Waals surface area contributed by atoms with Gasteiger partial charge in [-0.1, -0.05) is 12.1 Å². The summed E-state index contributed by atoms with van der Waals surface area (Å²) < 4.78 is 11.7. The quantitative estimate of drug-likeness (QED) is 0.606. The van der Waals surface area contributed by atoms with Gasteiger partial charge in [-0.2, -0.15) is 10.1 Å². The first-order valence-electron chi connectivity index (χ1n) is 10.6. The fraction of sp³-hybridized carbons (Fsp3) is 0.435. The molecule has 0 N–H and O–H groups in total. The molecule has 2 heterocycles. The summed E-state index contributed by atoms with van der Waals surface area (Å²) in [6.45, 7) is 0.263. The Hall–Kier alpha value is -3.13. The van der Waals surface area contributed by atoms with Gasteiger partial charge in [0.25, 0.3) is 5.91 Å². The lowest BCUT2D eigenvalue weighted by Gasteiger charge is -2.35. The van der Waals surface area contributed by atoms with Crippen molar-refractivity contribution in [3.05, 3.63) is 53.9 Å². The maximum Gasteiger partial charge on any atom is 0.258 e. The Kier molecular flexibility index (Phi) is 6.36. The Labute approximate surface area is 182 Å². The van der Waals surface area contributed by atoms with E-state index in [9.17, 15) is 9.59 Å². The van der Waals surface area contributed by atoms with Crippen molar-refractivity contribution >= 4 is 12.3 Å². The summed E-state index contributed by atoms with van der Waals surface area (Å²) in [5.41, 5.74) is 1.79. The highest BCUT2D eigenvalue weighted by molar-refractivity contribution is 5.79. The highest BCUT2D eigenvalue weighted by atomic mass is 16.5. The fourth-order valence-corrected chi connectivity index (χ4v) is 4.35. The molecule has 1 saturated carbocycles. The SMILES string of the molecule is COc1ccc([C@@H]2CC(=O)N(N(C=O)Cc3cccnc3)N2C)cc1OC1CCCC1. The summed E-state index contributed by atoms with van der Waals surface area (Å²) >= 11 is 0. The van der Waals surface area contributed by atoms with E-state index in [-0.39, 0.29) is 31.0 Å². The molecule has 31 heavy (non-hydrogen) atoms. The minimum atomic E-state index is -0.208. The van der Waals surface area contributed by atoms with Crippen LogP contribution in [0.15, 0.2) is 42.7 Å². The third-order valence-electron chi connectivity index (χ3n) is 5.94. The van der Waals surface area contributed by atoms with Crippen molar-refractivity contribution in [2.75, 3.05) is 14.2 Å². The number of benzene rings is 1. The number of nitrogens with zero attached hydrogens (tertiary/aromatic N) is 4. The van der Waals surface area contributed by atoms with Gasteiger partial charge in [0.05, 0.1) is 32.2 Å². The predicted octanol–water partition coefficient (Wildman–Crippen LogP) is 3.11. The van der Waals surface area contributed by atoms with Crippen molar-refractivity contribution in [3.8, 4) is 11.5 Å². The van der Waals surface area contributed by atoms with E-state index in [1.807, 2.05) is 31.3 Å². The molecule has 2 amide bonds. The van der Waals surface area contributed by atoms with Gasteiger partial charge in [0.2, 0.25) is 6.41 Å². The number of pyridine rings is 1. The highest BCUT2D eigenvalue weighted by Gasteiger charge is 2.40. The third-order valence-corrected chi connectivity index (χ3v) is 5.94. The summed E-state index contributed by atoms with van der Waals surface area (Å²) in [6.07, 6.45) is 8.96. The lowest BCUT2D eigenvalue weighted by atomic mass is 10.0. The summed E-state index contributed by atoms with van der Waals surface area (Å²) in [4.78, 5) is 28.7. The second-order valence-electron chi connectivity index (χ2n) is 7.98. The van der Waals surface area contributed by atoms with Crippen LogP contribution < -0.4 is 9.47 Å². The molecule has 1 saturated heterocycles. The van der Waals surface area contributed by atoms with Crippen molar-refractivity contribution in [3.63, 3.8) is 0 Å². The van der Waals surface area contributed by atoms with Gasteiger partial charge in [0.1, 0.15) is 0 Å². The Bertz CT molecular complexity index is 917. The minimum Gasteiger partial charge on any atom is -0.493 e. The van der Waals surface area contributed by atoms with Gasteiger partial charge in [-0.15, -0.1) is 0 Å². The number of ether oxygens (including phenoxy) is 2. The zero-order valence-electron chi connectivity index (χ0n) is 17.9. The number of methoxy groups -OCH3 is 1. The summed E-state index contributed by atoms with van der Waals surface area (Å²) in [7, 11) is 3.45. The van der Waals surface area contributed by atoms with Gasteiger partial charge < -0.3 is 9.47 Å². The molecule has 0 radical (unpaired) electrons. The van der Waals surface area contributed by atoms with Crippen molar-refractivity contribution in [2.24, 2.45) is 0 Å². The molecule has 8 heteroatoms. The molecule has 164 valence electrons. The average molecular weight is 425 g/mol. The van der Waals surface area contributed by atoms with Crippen LogP contribution in [0.1, 0.15) is 49.3 Å². The van der Waals surface area contributed by atoms with Gasteiger partial charge in [-0.3, -0.25) is 14.6 Å². The van der Waals surface area contributed by atoms with Crippen LogP contribution in [0.4, 0.5) is 0 Å². The zero-order valence-corrected chi connectivity index (χ0v) is 17.9. The van der Waals surface area contributed by atoms with E-state index in [1.54, 1.807) is 30.6 Å². The number of hydrogen-bond donors (Lipinski definition) is 0. The molecular formula is C23H28N4O4. The van der Waals surface area contributed by atoms with Crippen LogP contribution in [-0.4, -0.2) is 52.7 Å². The highest BCUT2D eigenvalue weighted by Crippen LogP contribution is 2.38. The number of carbonyl (C=O) groups excluding carboxylic acids is 2. The minimum absolute atomic E-state index is 0.141. The van der Waals surface area contributed by atoms with Gasteiger partial charge in [-0.05, 0) is 55.0 Å². The molecular weight excluding hydrogens is 396 g/mol. The lowest BCUT2D eigenvalue weighted by Crippen LogP contribution is -2.49. The first-order chi connectivity index (χ1) is 15.1. The Morgan fingerprint density at radius 3 is 2.71 bits per heavy atom. The van der Waals surface area contributed by atoms with Crippen molar-refractivity contribution < 1.29 is 19.1 Å². The second kappa shape index (κ2) is 9.34. The van der Waals surface area contributed by atoms with E-state index in [4.69, 9.17) is 9.47 Å². The molecule has 0 unspecified atom stereocenters. The van der Waals surface area contributed by atoms with Crippen LogP contribution >= 0.6 is 0 Å². The van der Waals surface area contributed by atoms with Crippen molar-refractivity contribution in [2.45, 2.75) is 50.8 Å². The maximum atomic E-state index is 12.9. The molecule has 2 aromatic rings. The van der Waals surface area contributed by atoms with Crippen LogP contribution in [0, 0.1) is 0 Å². The van der Waals surface area contributed by atoms with Crippen LogP contribution in [0.5, 0.6) is 11.5 Å². The molecule has 1 aliphatic carbocycles. The second-order valence-corrected chi connectivity index (χ2v) is 7.98. The van der Waals surface area contributed by atoms with Crippen molar-refractivity contribution in [1.29, 1.82) is 0 Å². The number of amides is 2. The monoisotopic (exact) mass is 424 g/mol. The van der Waals surface area contributed by atoms with E-state index in [0.29, 0.717) is 17.9 Å². The molecule has 0 spiro atoms. The van der Waals surface area contributed by atoms with E-state index in [2.05, 4.69) is 4.98 Å². The molecule has 0 bridgehead atoms. The molecule has 8 nitrogen and oxygen atoms in total. The van der Waals surface area contributed by atoms with E-state index in [0.717, 1.165) is 24.0 Å². The van der Waals surface area contributed by atoms with Crippen molar-refractivity contribution in [1.82, 2.24) is 20.1 Å². The molecule has 2 fully saturated rings. The number of hydrogen-bond acceptors (Lipinski definition) is 6. The molecule has 1 atom stereocenters. The van der Waals surface area contributed by atoms with Crippen LogP contribution in [0.2, 0.25) is 0 Å². The predicted molar refractivity (Wildman–Crippen MR) is 114 cm³/mol.